The van der Waals surface area contributed by atoms with E-state index in [0.29, 0.717) is 0 Å². The number of carbonyl (C=O) groups is 1. The lowest BCUT2D eigenvalue weighted by atomic mass is 10.5. The summed E-state index contributed by atoms with van der Waals surface area (Å²) in [5.74, 6) is -1.33. The normalized spacial score (nSPS) is 17.5. The minimum absolute atomic E-state index is 0.223. The number of alkyl halides is 3. The third-order valence-electron chi connectivity index (χ3n) is 1.35. The van der Waals surface area contributed by atoms with Gasteiger partial charge in [-0.1, -0.05) is 12.2 Å². The number of hydrogen-bond donors (Lipinski definition) is 0. The standard InChI is InChI=1S/C6H6ClF2NO/c7-6(8,9)5(11)10-3-1-2-4-10/h1-2H,3-4H2. The van der Waals surface area contributed by atoms with Crippen molar-refractivity contribution in [1.82, 2.24) is 4.90 Å². The Bertz CT molecular complexity index is 191. The Hall–Kier alpha value is -0.640. The van der Waals surface area contributed by atoms with Crippen molar-refractivity contribution < 1.29 is 13.6 Å². The van der Waals surface area contributed by atoms with Gasteiger partial charge in [-0.25, -0.2) is 0 Å². The minimum Gasteiger partial charge on any atom is -0.329 e. The lowest BCUT2D eigenvalue weighted by Gasteiger charge is -2.17. The molecule has 0 atom stereocenters. The molecule has 1 rings (SSSR count). The molecule has 2 nitrogen and oxygen atoms in total. The van der Waals surface area contributed by atoms with E-state index in [9.17, 15) is 13.6 Å². The second kappa shape index (κ2) is 2.77. The molecule has 1 aliphatic heterocycles. The molecule has 0 radical (unpaired) electrons. The molecule has 1 aliphatic rings. The van der Waals surface area contributed by atoms with Crippen molar-refractivity contribution in [2.24, 2.45) is 0 Å². The molecule has 0 aromatic carbocycles. The number of amides is 1. The fourth-order valence-electron chi connectivity index (χ4n) is 0.823. The summed E-state index contributed by atoms with van der Waals surface area (Å²) < 4.78 is 24.2. The van der Waals surface area contributed by atoms with Gasteiger partial charge in [0.1, 0.15) is 0 Å². The van der Waals surface area contributed by atoms with Crippen molar-refractivity contribution in [3.63, 3.8) is 0 Å². The number of halogens is 3. The summed E-state index contributed by atoms with van der Waals surface area (Å²) >= 11 is 4.51. The largest absolute Gasteiger partial charge is 0.399 e. The monoisotopic (exact) mass is 181 g/mol. The van der Waals surface area contributed by atoms with Crippen LogP contribution in [-0.2, 0) is 4.79 Å². The maximum Gasteiger partial charge on any atom is 0.399 e. The van der Waals surface area contributed by atoms with Crippen LogP contribution in [-0.4, -0.2) is 29.3 Å². The lowest BCUT2D eigenvalue weighted by Crippen LogP contribution is -2.38. The molecule has 0 unspecified atom stereocenters. The van der Waals surface area contributed by atoms with E-state index in [1.54, 1.807) is 12.2 Å². The second-order valence-corrected chi connectivity index (χ2v) is 2.65. The maximum absolute atomic E-state index is 12.1. The lowest BCUT2D eigenvalue weighted by molar-refractivity contribution is -0.145. The fraction of sp³-hybridized carbons (Fsp3) is 0.500. The Morgan fingerprint density at radius 2 is 1.91 bits per heavy atom. The van der Waals surface area contributed by atoms with Gasteiger partial charge in [-0.2, -0.15) is 8.78 Å². The van der Waals surface area contributed by atoms with Crippen molar-refractivity contribution in [3.05, 3.63) is 12.2 Å². The zero-order valence-corrected chi connectivity index (χ0v) is 6.31. The molecule has 5 heteroatoms. The van der Waals surface area contributed by atoms with Gasteiger partial charge in [0.25, 0.3) is 0 Å². The van der Waals surface area contributed by atoms with E-state index >= 15 is 0 Å². The molecule has 0 saturated carbocycles. The third-order valence-corrected chi connectivity index (χ3v) is 1.51. The van der Waals surface area contributed by atoms with Gasteiger partial charge in [0, 0.05) is 13.1 Å². The minimum atomic E-state index is -3.76. The molecule has 0 saturated heterocycles. The highest BCUT2D eigenvalue weighted by atomic mass is 35.5. The Kier molecular flexibility index (Phi) is 2.13. The highest BCUT2D eigenvalue weighted by Gasteiger charge is 2.39. The molecule has 0 fully saturated rings. The van der Waals surface area contributed by atoms with Crippen LogP contribution >= 0.6 is 11.6 Å². The highest BCUT2D eigenvalue weighted by molar-refractivity contribution is 6.32. The van der Waals surface area contributed by atoms with Crippen LogP contribution in [0.4, 0.5) is 8.78 Å². The van der Waals surface area contributed by atoms with E-state index in [1.807, 2.05) is 0 Å². The van der Waals surface area contributed by atoms with Crippen molar-refractivity contribution >= 4 is 17.5 Å². The smallest absolute Gasteiger partial charge is 0.329 e. The zero-order chi connectivity index (χ0) is 8.48. The summed E-state index contributed by atoms with van der Waals surface area (Å²) in [6.45, 7) is 0.447. The van der Waals surface area contributed by atoms with Crippen LogP contribution in [0.25, 0.3) is 0 Å². The summed E-state index contributed by atoms with van der Waals surface area (Å²) in [6, 6.07) is 0. The van der Waals surface area contributed by atoms with Gasteiger partial charge in [-0.15, -0.1) is 0 Å². The number of carbonyl (C=O) groups excluding carboxylic acids is 1. The predicted molar refractivity (Wildman–Crippen MR) is 36.5 cm³/mol. The topological polar surface area (TPSA) is 20.3 Å². The highest BCUT2D eigenvalue weighted by Crippen LogP contribution is 2.22. The first kappa shape index (κ1) is 8.46. The van der Waals surface area contributed by atoms with E-state index in [-0.39, 0.29) is 13.1 Å². The van der Waals surface area contributed by atoms with Crippen LogP contribution in [0.1, 0.15) is 0 Å². The van der Waals surface area contributed by atoms with E-state index in [2.05, 4.69) is 11.6 Å². The number of rotatable bonds is 1. The first-order valence-electron chi connectivity index (χ1n) is 3.03. The molecule has 0 N–H and O–H groups in total. The summed E-state index contributed by atoms with van der Waals surface area (Å²) in [6.07, 6.45) is 3.28. The van der Waals surface area contributed by atoms with Crippen LogP contribution in [0.5, 0.6) is 0 Å². The molecule has 62 valence electrons. The van der Waals surface area contributed by atoms with E-state index in [1.165, 1.54) is 0 Å². The molecular weight excluding hydrogens is 176 g/mol. The molecule has 1 amide bonds. The SMILES string of the molecule is O=C(N1CC=CC1)C(F)(F)Cl. The van der Waals surface area contributed by atoms with Crippen LogP contribution < -0.4 is 0 Å². The first-order valence-corrected chi connectivity index (χ1v) is 3.40. The van der Waals surface area contributed by atoms with Gasteiger partial charge in [-0.3, -0.25) is 4.79 Å². The van der Waals surface area contributed by atoms with Crippen LogP contribution in [0.2, 0.25) is 0 Å². The van der Waals surface area contributed by atoms with Gasteiger partial charge >= 0.3 is 11.3 Å². The number of nitrogens with zero attached hydrogens (tertiary/aromatic N) is 1. The van der Waals surface area contributed by atoms with Crippen molar-refractivity contribution in [1.29, 1.82) is 0 Å². The van der Waals surface area contributed by atoms with Crippen LogP contribution in [0, 0.1) is 0 Å². The Balaban J connectivity index is 2.55. The Morgan fingerprint density at radius 1 is 1.45 bits per heavy atom. The Morgan fingerprint density at radius 3 is 2.27 bits per heavy atom. The van der Waals surface area contributed by atoms with Gasteiger partial charge in [0.05, 0.1) is 0 Å². The van der Waals surface area contributed by atoms with Crippen LogP contribution in [0.15, 0.2) is 12.2 Å². The average molecular weight is 182 g/mol. The van der Waals surface area contributed by atoms with Gasteiger partial charge in [0.15, 0.2) is 0 Å². The van der Waals surface area contributed by atoms with Gasteiger partial charge in [-0.05, 0) is 11.6 Å². The van der Waals surface area contributed by atoms with E-state index in [0.717, 1.165) is 4.90 Å². The Labute approximate surface area is 67.4 Å². The van der Waals surface area contributed by atoms with Gasteiger partial charge < -0.3 is 4.90 Å². The molecule has 0 aromatic heterocycles. The second-order valence-electron chi connectivity index (χ2n) is 2.18. The molecule has 1 heterocycles. The van der Waals surface area contributed by atoms with Crippen molar-refractivity contribution in [3.8, 4) is 0 Å². The summed E-state index contributed by atoms with van der Waals surface area (Å²) in [5, 5.41) is -3.76. The summed E-state index contributed by atoms with van der Waals surface area (Å²) in [4.78, 5) is 11.6. The predicted octanol–water partition coefficient (Wildman–Crippen LogP) is 1.22. The van der Waals surface area contributed by atoms with E-state index < -0.39 is 11.3 Å². The molecule has 0 aromatic rings. The molecule has 0 aliphatic carbocycles. The van der Waals surface area contributed by atoms with E-state index in [4.69, 9.17) is 0 Å². The number of hydrogen-bond acceptors (Lipinski definition) is 1. The quantitative estimate of drug-likeness (QED) is 0.440. The van der Waals surface area contributed by atoms with Crippen molar-refractivity contribution in [2.75, 3.05) is 13.1 Å². The fourth-order valence-corrected chi connectivity index (χ4v) is 0.943. The third kappa shape index (κ3) is 1.89. The van der Waals surface area contributed by atoms with Crippen LogP contribution in [0.3, 0.4) is 0 Å². The van der Waals surface area contributed by atoms with Gasteiger partial charge in [0.2, 0.25) is 0 Å². The zero-order valence-electron chi connectivity index (χ0n) is 5.56. The maximum atomic E-state index is 12.1. The molecular formula is C6H6ClF2NO. The first-order chi connectivity index (χ1) is 5.02. The molecule has 0 bridgehead atoms. The molecule has 0 spiro atoms. The molecule has 11 heavy (non-hydrogen) atoms. The summed E-state index contributed by atoms with van der Waals surface area (Å²) in [7, 11) is 0. The van der Waals surface area contributed by atoms with Crippen molar-refractivity contribution in [2.45, 2.75) is 5.38 Å². The average Bonchev–Trinajstić information content (AvgIpc) is 2.34. The summed E-state index contributed by atoms with van der Waals surface area (Å²) in [5.41, 5.74) is 0.